The highest BCUT2D eigenvalue weighted by Gasteiger charge is 2.29. The van der Waals surface area contributed by atoms with Crippen molar-refractivity contribution >= 4 is 23.2 Å². The largest absolute Gasteiger partial charge is 0.353 e. The number of nitrogens with one attached hydrogen (secondary N) is 2. The Hall–Kier alpha value is -3.38. The number of carbonyl (C=O) groups excluding carboxylic acids is 2. The van der Waals surface area contributed by atoms with Crippen molar-refractivity contribution in [1.82, 2.24) is 9.47 Å². The lowest BCUT2D eigenvalue weighted by atomic mass is 10.1. The lowest BCUT2D eigenvalue weighted by molar-refractivity contribution is -0.117. The van der Waals surface area contributed by atoms with Gasteiger partial charge in [0.15, 0.2) is 0 Å². The van der Waals surface area contributed by atoms with E-state index in [0.717, 1.165) is 19.4 Å². The molecule has 0 bridgehead atoms. The fourth-order valence-corrected chi connectivity index (χ4v) is 4.06. The van der Waals surface area contributed by atoms with Crippen molar-refractivity contribution in [3.05, 3.63) is 84.2 Å². The first kappa shape index (κ1) is 19.9. The number of aromatic nitrogens is 1. The average molecular weight is 402 g/mol. The van der Waals surface area contributed by atoms with Crippen LogP contribution < -0.4 is 10.6 Å². The molecule has 0 aliphatic carbocycles. The number of benzene rings is 2. The molecule has 30 heavy (non-hydrogen) atoms. The molecule has 1 saturated heterocycles. The number of hydrogen-bond donors (Lipinski definition) is 2. The van der Waals surface area contributed by atoms with Crippen molar-refractivity contribution in [2.45, 2.75) is 18.9 Å². The zero-order valence-electron chi connectivity index (χ0n) is 17.0. The summed E-state index contributed by atoms with van der Waals surface area (Å²) in [7, 11) is 2.04. The van der Waals surface area contributed by atoms with E-state index >= 15 is 0 Å². The maximum absolute atomic E-state index is 12.8. The van der Waals surface area contributed by atoms with Crippen molar-refractivity contribution in [1.29, 1.82) is 0 Å². The van der Waals surface area contributed by atoms with Crippen molar-refractivity contribution in [3.8, 4) is 0 Å². The van der Waals surface area contributed by atoms with E-state index in [0.29, 0.717) is 23.5 Å². The van der Waals surface area contributed by atoms with Gasteiger partial charge < -0.3 is 15.2 Å². The first-order chi connectivity index (χ1) is 14.6. The van der Waals surface area contributed by atoms with E-state index in [1.165, 1.54) is 5.69 Å². The third-order valence-corrected chi connectivity index (χ3v) is 5.51. The molecule has 4 rings (SSSR count). The molecule has 3 aromatic rings. The van der Waals surface area contributed by atoms with Crippen LogP contribution in [0.4, 0.5) is 11.4 Å². The Morgan fingerprint density at radius 2 is 1.73 bits per heavy atom. The number of nitrogens with zero attached hydrogens (tertiary/aromatic N) is 2. The molecular formula is C24H26N4O2. The van der Waals surface area contributed by atoms with Crippen LogP contribution >= 0.6 is 0 Å². The Balaban J connectivity index is 1.44. The monoisotopic (exact) mass is 402 g/mol. The molecule has 6 heteroatoms. The molecule has 0 saturated carbocycles. The summed E-state index contributed by atoms with van der Waals surface area (Å²) in [5.74, 6) is -0.365. The van der Waals surface area contributed by atoms with Gasteiger partial charge in [0.2, 0.25) is 5.91 Å². The van der Waals surface area contributed by atoms with Gasteiger partial charge in [0.1, 0.15) is 0 Å². The molecule has 0 radical (unpaired) electrons. The summed E-state index contributed by atoms with van der Waals surface area (Å²) in [6.45, 7) is 1.18. The van der Waals surface area contributed by atoms with Gasteiger partial charge in [-0.15, -0.1) is 0 Å². The Morgan fingerprint density at radius 3 is 2.50 bits per heavy atom. The number of anilines is 2. The zero-order chi connectivity index (χ0) is 20.9. The molecule has 6 nitrogen and oxygen atoms in total. The SMILES string of the molecule is Cn1cccc1[C@H]1CCCN1CC(=O)Nc1ccccc1C(=O)Nc1ccccc1. The van der Waals surface area contributed by atoms with Crippen LogP contribution in [0.25, 0.3) is 0 Å². The molecule has 1 atom stereocenters. The highest BCUT2D eigenvalue weighted by atomic mass is 16.2. The molecule has 0 spiro atoms. The van der Waals surface area contributed by atoms with Gasteiger partial charge in [0.25, 0.3) is 5.91 Å². The Bertz CT molecular complexity index is 1030. The number of amides is 2. The van der Waals surface area contributed by atoms with Crippen LogP contribution in [0.5, 0.6) is 0 Å². The van der Waals surface area contributed by atoms with Crippen molar-refractivity contribution < 1.29 is 9.59 Å². The summed E-state index contributed by atoms with van der Waals surface area (Å²) < 4.78 is 2.12. The van der Waals surface area contributed by atoms with E-state index in [1.54, 1.807) is 18.2 Å². The standard InChI is InChI=1S/C24H26N4O2/c1-27-15-7-13-21(27)22-14-8-16-28(22)17-23(29)26-20-12-6-5-11-19(20)24(30)25-18-9-3-2-4-10-18/h2-7,9-13,15,22H,8,14,16-17H2,1H3,(H,25,30)(H,26,29)/t22-/m1/s1. The predicted octanol–water partition coefficient (Wildman–Crippen LogP) is 4.05. The van der Waals surface area contributed by atoms with Crippen LogP contribution in [0, 0.1) is 0 Å². The van der Waals surface area contributed by atoms with Gasteiger partial charge in [-0.3, -0.25) is 14.5 Å². The summed E-state index contributed by atoms with van der Waals surface area (Å²) in [4.78, 5) is 27.7. The molecule has 154 valence electrons. The first-order valence-corrected chi connectivity index (χ1v) is 10.2. The third kappa shape index (κ3) is 4.44. The van der Waals surface area contributed by atoms with Crippen molar-refractivity contribution in [2.75, 3.05) is 23.7 Å². The van der Waals surface area contributed by atoms with Gasteiger partial charge in [-0.2, -0.15) is 0 Å². The van der Waals surface area contributed by atoms with Crippen LogP contribution in [0.3, 0.4) is 0 Å². The number of hydrogen-bond acceptors (Lipinski definition) is 3. The summed E-state index contributed by atoms with van der Waals surface area (Å²) in [5, 5.41) is 5.81. The molecular weight excluding hydrogens is 376 g/mol. The van der Waals surface area contributed by atoms with E-state index in [-0.39, 0.29) is 17.9 Å². The van der Waals surface area contributed by atoms with E-state index in [4.69, 9.17) is 0 Å². The highest BCUT2D eigenvalue weighted by molar-refractivity contribution is 6.10. The quantitative estimate of drug-likeness (QED) is 0.654. The Kier molecular flexibility index (Phi) is 5.95. The molecule has 2 N–H and O–H groups in total. The summed E-state index contributed by atoms with van der Waals surface area (Å²) in [6.07, 6.45) is 4.15. The van der Waals surface area contributed by atoms with Gasteiger partial charge in [0, 0.05) is 24.6 Å². The van der Waals surface area contributed by atoms with Crippen LogP contribution in [0.1, 0.15) is 34.9 Å². The molecule has 1 aromatic heterocycles. The Morgan fingerprint density at radius 1 is 0.967 bits per heavy atom. The molecule has 1 aliphatic heterocycles. The highest BCUT2D eigenvalue weighted by Crippen LogP contribution is 2.31. The second-order valence-electron chi connectivity index (χ2n) is 7.59. The summed E-state index contributed by atoms with van der Waals surface area (Å²) in [5.41, 5.74) is 2.90. The van der Waals surface area contributed by atoms with Gasteiger partial charge >= 0.3 is 0 Å². The van der Waals surface area contributed by atoms with Crippen LogP contribution in [0.2, 0.25) is 0 Å². The molecule has 0 unspecified atom stereocenters. The first-order valence-electron chi connectivity index (χ1n) is 10.2. The second kappa shape index (κ2) is 8.97. The molecule has 2 amide bonds. The van der Waals surface area contributed by atoms with Crippen LogP contribution in [-0.2, 0) is 11.8 Å². The van der Waals surface area contributed by atoms with Gasteiger partial charge in [-0.25, -0.2) is 0 Å². The number of para-hydroxylation sites is 2. The lowest BCUT2D eigenvalue weighted by Gasteiger charge is -2.24. The van der Waals surface area contributed by atoms with Crippen LogP contribution in [-0.4, -0.2) is 34.4 Å². The summed E-state index contributed by atoms with van der Waals surface area (Å²) in [6, 6.07) is 20.8. The third-order valence-electron chi connectivity index (χ3n) is 5.51. The van der Waals surface area contributed by atoms with Crippen molar-refractivity contribution in [2.24, 2.45) is 7.05 Å². The molecule has 2 heterocycles. The predicted molar refractivity (Wildman–Crippen MR) is 118 cm³/mol. The number of rotatable bonds is 6. The minimum absolute atomic E-state index is 0.115. The fraction of sp³-hybridized carbons (Fsp3) is 0.250. The number of carbonyl (C=O) groups is 2. The van der Waals surface area contributed by atoms with Gasteiger partial charge in [0.05, 0.1) is 23.8 Å². The fourth-order valence-electron chi connectivity index (χ4n) is 4.06. The normalized spacial score (nSPS) is 16.4. The van der Waals surface area contributed by atoms with E-state index in [2.05, 4.69) is 26.2 Å². The van der Waals surface area contributed by atoms with Gasteiger partial charge in [-0.05, 0) is 55.8 Å². The number of aryl methyl sites for hydroxylation is 1. The van der Waals surface area contributed by atoms with E-state index in [9.17, 15) is 9.59 Å². The summed E-state index contributed by atoms with van der Waals surface area (Å²) >= 11 is 0. The maximum Gasteiger partial charge on any atom is 0.257 e. The molecule has 1 fully saturated rings. The lowest BCUT2D eigenvalue weighted by Crippen LogP contribution is -2.34. The van der Waals surface area contributed by atoms with E-state index in [1.807, 2.05) is 55.7 Å². The van der Waals surface area contributed by atoms with E-state index < -0.39 is 0 Å². The van der Waals surface area contributed by atoms with Gasteiger partial charge in [-0.1, -0.05) is 30.3 Å². The smallest absolute Gasteiger partial charge is 0.257 e. The molecule has 1 aliphatic rings. The zero-order valence-corrected chi connectivity index (χ0v) is 17.0. The maximum atomic E-state index is 12.8. The van der Waals surface area contributed by atoms with Crippen LogP contribution in [0.15, 0.2) is 72.9 Å². The number of likely N-dealkylation sites (tertiary alicyclic amines) is 1. The van der Waals surface area contributed by atoms with Crippen molar-refractivity contribution in [3.63, 3.8) is 0 Å². The minimum atomic E-state index is -0.250. The topological polar surface area (TPSA) is 66.4 Å². The average Bonchev–Trinajstić information content (AvgIpc) is 3.37. The molecule has 2 aromatic carbocycles. The Labute approximate surface area is 176 Å². The second-order valence-corrected chi connectivity index (χ2v) is 7.59. The minimum Gasteiger partial charge on any atom is -0.353 e.